The Labute approximate surface area is 163 Å². The molecule has 0 aliphatic rings. The van der Waals surface area contributed by atoms with Gasteiger partial charge in [-0.1, -0.05) is 84.4 Å². The van der Waals surface area contributed by atoms with Gasteiger partial charge in [-0.25, -0.2) is 4.98 Å². The number of nitrogens with one attached hydrogen (secondary N) is 1. The second-order valence-electron chi connectivity index (χ2n) is 6.23. The fourth-order valence-corrected chi connectivity index (χ4v) is 3.50. The molecule has 0 amide bonds. The minimum Gasteiger partial charge on any atom is -0.253 e. The molecule has 0 unspecified atom stereocenters. The molecule has 0 aliphatic carbocycles. The first-order valence-electron chi connectivity index (χ1n) is 8.76. The Kier molecular flexibility index (Phi) is 5.08. The van der Waals surface area contributed by atoms with Gasteiger partial charge in [0.05, 0.1) is 11.9 Å². The maximum absolute atomic E-state index is 4.60. The van der Waals surface area contributed by atoms with Crippen LogP contribution in [0, 0.1) is 6.92 Å². The lowest BCUT2D eigenvalue weighted by molar-refractivity contribution is 1.29. The number of anilines is 1. The van der Waals surface area contributed by atoms with Gasteiger partial charge in [0.25, 0.3) is 0 Å². The largest absolute Gasteiger partial charge is 0.253 e. The van der Waals surface area contributed by atoms with E-state index in [-0.39, 0.29) is 0 Å². The average molecular weight is 369 g/mol. The number of aromatic nitrogens is 1. The highest BCUT2D eigenvalue weighted by Gasteiger charge is 2.04. The van der Waals surface area contributed by atoms with Crippen molar-refractivity contribution in [1.29, 1.82) is 0 Å². The number of nitrogens with zero attached hydrogens (tertiary/aromatic N) is 2. The van der Waals surface area contributed by atoms with Crippen molar-refractivity contribution >= 4 is 22.7 Å². The van der Waals surface area contributed by atoms with E-state index in [9.17, 15) is 0 Å². The summed E-state index contributed by atoms with van der Waals surface area (Å²) in [6.45, 7) is 2.10. The lowest BCUT2D eigenvalue weighted by atomic mass is 9.99. The average Bonchev–Trinajstić information content (AvgIpc) is 3.19. The van der Waals surface area contributed by atoms with Crippen molar-refractivity contribution in [2.24, 2.45) is 5.10 Å². The predicted molar refractivity (Wildman–Crippen MR) is 115 cm³/mol. The Morgan fingerprint density at radius 2 is 1.59 bits per heavy atom. The van der Waals surface area contributed by atoms with E-state index in [1.807, 2.05) is 41.9 Å². The van der Waals surface area contributed by atoms with Crippen molar-refractivity contribution in [3.63, 3.8) is 0 Å². The van der Waals surface area contributed by atoms with Crippen LogP contribution in [0.3, 0.4) is 0 Å². The number of benzene rings is 3. The normalized spacial score (nSPS) is 11.0. The molecule has 1 heterocycles. The molecule has 0 aliphatic heterocycles. The quantitative estimate of drug-likeness (QED) is 0.334. The summed E-state index contributed by atoms with van der Waals surface area (Å²) in [5.41, 5.74) is 9.77. The van der Waals surface area contributed by atoms with E-state index in [1.165, 1.54) is 11.1 Å². The molecule has 4 rings (SSSR count). The van der Waals surface area contributed by atoms with Gasteiger partial charge in [0.2, 0.25) is 5.13 Å². The van der Waals surface area contributed by atoms with Crippen molar-refractivity contribution in [1.82, 2.24) is 4.98 Å². The molecule has 0 radical (unpaired) electrons. The van der Waals surface area contributed by atoms with E-state index >= 15 is 0 Å². The van der Waals surface area contributed by atoms with Crippen LogP contribution in [-0.2, 0) is 0 Å². The molecule has 0 bridgehead atoms. The highest BCUT2D eigenvalue weighted by molar-refractivity contribution is 7.14. The molecule has 0 spiro atoms. The van der Waals surface area contributed by atoms with Crippen LogP contribution >= 0.6 is 11.3 Å². The van der Waals surface area contributed by atoms with Gasteiger partial charge in [-0.15, -0.1) is 11.3 Å². The summed E-state index contributed by atoms with van der Waals surface area (Å²) in [7, 11) is 0. The van der Waals surface area contributed by atoms with Crippen LogP contribution < -0.4 is 5.43 Å². The second kappa shape index (κ2) is 7.98. The molecule has 0 fully saturated rings. The van der Waals surface area contributed by atoms with Gasteiger partial charge in [0, 0.05) is 16.5 Å². The van der Waals surface area contributed by atoms with Crippen LogP contribution in [0.2, 0.25) is 0 Å². The van der Waals surface area contributed by atoms with Crippen LogP contribution in [-0.4, -0.2) is 11.2 Å². The summed E-state index contributed by atoms with van der Waals surface area (Å²) >= 11 is 1.55. The predicted octanol–water partition coefficient (Wildman–Crippen LogP) is 6.23. The van der Waals surface area contributed by atoms with Gasteiger partial charge in [-0.05, 0) is 18.1 Å². The van der Waals surface area contributed by atoms with E-state index < -0.39 is 0 Å². The lowest BCUT2D eigenvalue weighted by Gasteiger charge is -2.06. The minimum atomic E-state index is 0.776. The van der Waals surface area contributed by atoms with Crippen molar-refractivity contribution < 1.29 is 0 Å². The third-order valence-corrected chi connectivity index (χ3v) is 5.01. The zero-order valence-corrected chi connectivity index (χ0v) is 15.8. The van der Waals surface area contributed by atoms with Crippen molar-refractivity contribution in [3.05, 3.63) is 95.4 Å². The molecule has 27 heavy (non-hydrogen) atoms. The Hall–Kier alpha value is -3.24. The van der Waals surface area contributed by atoms with Gasteiger partial charge >= 0.3 is 0 Å². The number of rotatable bonds is 5. The Balaban J connectivity index is 1.51. The van der Waals surface area contributed by atoms with Gasteiger partial charge in [-0.3, -0.25) is 5.43 Å². The molecule has 0 saturated carbocycles. The maximum Gasteiger partial charge on any atom is 0.203 e. The molecular weight excluding hydrogens is 350 g/mol. The van der Waals surface area contributed by atoms with E-state index in [1.54, 1.807) is 11.3 Å². The molecule has 3 nitrogen and oxygen atoms in total. The Bertz CT molecular complexity index is 1050. The molecule has 4 aromatic rings. The van der Waals surface area contributed by atoms with Gasteiger partial charge < -0.3 is 0 Å². The highest BCUT2D eigenvalue weighted by atomic mass is 32.1. The van der Waals surface area contributed by atoms with E-state index in [4.69, 9.17) is 0 Å². The minimum absolute atomic E-state index is 0.776. The Morgan fingerprint density at radius 3 is 2.41 bits per heavy atom. The topological polar surface area (TPSA) is 37.3 Å². The number of thiazole rings is 1. The molecule has 1 N–H and O–H groups in total. The standard InChI is InChI=1S/C23H19N3S/c1-17-11-13-18(14-12-17)21-10-6-5-9-20(21)15-24-26-23-25-22(16-27-23)19-7-3-2-4-8-19/h2-16H,1H3,(H,25,26). The van der Waals surface area contributed by atoms with Gasteiger partial charge in [0.1, 0.15) is 0 Å². The summed E-state index contributed by atoms with van der Waals surface area (Å²) in [6.07, 6.45) is 1.85. The number of hydrogen-bond acceptors (Lipinski definition) is 4. The third kappa shape index (κ3) is 4.13. The summed E-state index contributed by atoms with van der Waals surface area (Å²) in [4.78, 5) is 4.60. The van der Waals surface area contributed by atoms with Crippen LogP contribution in [0.4, 0.5) is 5.13 Å². The molecule has 0 atom stereocenters. The molecule has 4 heteroatoms. The van der Waals surface area contributed by atoms with Gasteiger partial charge in [-0.2, -0.15) is 5.10 Å². The summed E-state index contributed by atoms with van der Waals surface area (Å²) in [5.74, 6) is 0. The summed E-state index contributed by atoms with van der Waals surface area (Å²) in [6, 6.07) is 26.9. The molecule has 0 saturated heterocycles. The maximum atomic E-state index is 4.60. The van der Waals surface area contributed by atoms with Crippen LogP contribution in [0.1, 0.15) is 11.1 Å². The zero-order chi connectivity index (χ0) is 18.5. The fraction of sp³-hybridized carbons (Fsp3) is 0.0435. The first-order chi connectivity index (χ1) is 13.3. The zero-order valence-electron chi connectivity index (χ0n) is 15.0. The molecular formula is C23H19N3S. The lowest BCUT2D eigenvalue weighted by Crippen LogP contribution is -1.93. The highest BCUT2D eigenvalue weighted by Crippen LogP contribution is 2.25. The molecule has 1 aromatic heterocycles. The van der Waals surface area contributed by atoms with Crippen LogP contribution in [0.25, 0.3) is 22.4 Å². The fourth-order valence-electron chi connectivity index (χ4n) is 2.83. The third-order valence-electron chi connectivity index (χ3n) is 4.26. The number of hydrogen-bond donors (Lipinski definition) is 1. The van der Waals surface area contributed by atoms with Gasteiger partial charge in [0.15, 0.2) is 0 Å². The van der Waals surface area contributed by atoms with Crippen molar-refractivity contribution in [2.75, 3.05) is 5.43 Å². The first-order valence-corrected chi connectivity index (χ1v) is 9.64. The Morgan fingerprint density at radius 1 is 0.852 bits per heavy atom. The van der Waals surface area contributed by atoms with E-state index in [0.29, 0.717) is 0 Å². The van der Waals surface area contributed by atoms with Crippen molar-refractivity contribution in [3.8, 4) is 22.4 Å². The van der Waals surface area contributed by atoms with Crippen LogP contribution in [0.5, 0.6) is 0 Å². The van der Waals surface area contributed by atoms with Crippen LogP contribution in [0.15, 0.2) is 89.3 Å². The monoisotopic (exact) mass is 369 g/mol. The van der Waals surface area contributed by atoms with Crippen molar-refractivity contribution in [2.45, 2.75) is 6.92 Å². The number of hydrazone groups is 1. The molecule has 132 valence electrons. The van der Waals surface area contributed by atoms with E-state index in [0.717, 1.165) is 27.5 Å². The summed E-state index contributed by atoms with van der Waals surface area (Å²) < 4.78 is 0. The van der Waals surface area contributed by atoms with E-state index in [2.05, 4.69) is 71.0 Å². The smallest absolute Gasteiger partial charge is 0.203 e. The number of aryl methyl sites for hydroxylation is 1. The first kappa shape index (κ1) is 17.2. The molecule has 3 aromatic carbocycles. The summed E-state index contributed by atoms with van der Waals surface area (Å²) in [5, 5.41) is 7.21. The SMILES string of the molecule is Cc1ccc(-c2ccccc2C=NNc2nc(-c3ccccc3)cs2)cc1. The second-order valence-corrected chi connectivity index (χ2v) is 7.09.